The summed E-state index contributed by atoms with van der Waals surface area (Å²) in [5.74, 6) is -0.335. The maximum Gasteiger partial charge on any atom is 0.139 e. The van der Waals surface area contributed by atoms with E-state index in [2.05, 4.69) is 26.3 Å². The Morgan fingerprint density at radius 3 is 3.00 bits per heavy atom. The second-order valence-corrected chi connectivity index (χ2v) is 4.98. The monoisotopic (exact) mass is 312 g/mol. The molecule has 1 atom stereocenters. The summed E-state index contributed by atoms with van der Waals surface area (Å²) in [6.07, 6.45) is 3.60. The lowest BCUT2D eigenvalue weighted by molar-refractivity contribution is 0.560. The molecule has 4 nitrogen and oxygen atoms in total. The van der Waals surface area contributed by atoms with Crippen LogP contribution in [0.15, 0.2) is 35.1 Å². The molecule has 2 aromatic rings. The summed E-state index contributed by atoms with van der Waals surface area (Å²) in [6, 6.07) is 4.89. The highest BCUT2D eigenvalue weighted by molar-refractivity contribution is 9.10. The molecule has 0 saturated carbocycles. The van der Waals surface area contributed by atoms with Gasteiger partial charge in [-0.1, -0.05) is 0 Å². The molecule has 2 rings (SSSR count). The highest BCUT2D eigenvalue weighted by Gasteiger charge is 2.09. The summed E-state index contributed by atoms with van der Waals surface area (Å²) < 4.78 is 15.6. The largest absolute Gasteiger partial charge is 0.397 e. The predicted molar refractivity (Wildman–Crippen MR) is 73.8 cm³/mol. The number of nitrogens with one attached hydrogen (secondary N) is 1. The van der Waals surface area contributed by atoms with E-state index in [4.69, 9.17) is 5.73 Å². The van der Waals surface area contributed by atoms with Crippen molar-refractivity contribution in [1.29, 1.82) is 0 Å². The van der Waals surface area contributed by atoms with E-state index in [0.717, 1.165) is 0 Å². The number of hydrogen-bond donors (Lipinski definition) is 2. The fraction of sp³-hybridized carbons (Fsp3) is 0.250. The van der Waals surface area contributed by atoms with E-state index in [0.29, 0.717) is 22.4 Å². The first kappa shape index (κ1) is 12.9. The Hall–Kier alpha value is -1.56. The Morgan fingerprint density at radius 1 is 1.56 bits per heavy atom. The van der Waals surface area contributed by atoms with E-state index in [-0.39, 0.29) is 11.9 Å². The summed E-state index contributed by atoms with van der Waals surface area (Å²) in [5, 5.41) is 7.29. The van der Waals surface area contributed by atoms with Gasteiger partial charge in [-0.2, -0.15) is 5.10 Å². The number of benzene rings is 1. The molecule has 0 bridgehead atoms. The number of hydrogen-bond acceptors (Lipinski definition) is 3. The molecule has 1 aromatic heterocycles. The smallest absolute Gasteiger partial charge is 0.139 e. The van der Waals surface area contributed by atoms with Crippen LogP contribution in [0.25, 0.3) is 0 Å². The molecule has 3 N–H and O–H groups in total. The Morgan fingerprint density at radius 2 is 2.33 bits per heavy atom. The van der Waals surface area contributed by atoms with E-state index >= 15 is 0 Å². The van der Waals surface area contributed by atoms with Gasteiger partial charge in [-0.25, -0.2) is 4.39 Å². The van der Waals surface area contributed by atoms with E-state index < -0.39 is 0 Å². The predicted octanol–water partition coefficient (Wildman–Crippen LogP) is 2.87. The lowest BCUT2D eigenvalue weighted by atomic mass is 10.2. The molecule has 0 amide bonds. The van der Waals surface area contributed by atoms with Gasteiger partial charge in [-0.15, -0.1) is 0 Å². The quantitative estimate of drug-likeness (QED) is 0.854. The van der Waals surface area contributed by atoms with Crippen LogP contribution in [-0.2, 0) is 6.54 Å². The summed E-state index contributed by atoms with van der Waals surface area (Å²) in [7, 11) is 0. The van der Waals surface area contributed by atoms with Gasteiger partial charge in [-0.3, -0.25) is 4.68 Å². The van der Waals surface area contributed by atoms with Crippen molar-refractivity contribution in [3.8, 4) is 0 Å². The van der Waals surface area contributed by atoms with Crippen molar-refractivity contribution in [2.45, 2.75) is 19.5 Å². The van der Waals surface area contributed by atoms with Crippen molar-refractivity contribution in [3.05, 3.63) is 40.9 Å². The number of anilines is 2. The average Bonchev–Trinajstić information content (AvgIpc) is 2.78. The molecule has 0 fully saturated rings. The number of nitrogen functional groups attached to an aromatic ring is 1. The molecule has 1 heterocycles. The number of halogens is 2. The fourth-order valence-electron chi connectivity index (χ4n) is 1.69. The highest BCUT2D eigenvalue weighted by atomic mass is 79.9. The topological polar surface area (TPSA) is 55.9 Å². The summed E-state index contributed by atoms with van der Waals surface area (Å²) >= 11 is 3.10. The molecule has 6 heteroatoms. The molecular weight excluding hydrogens is 299 g/mol. The first-order valence-electron chi connectivity index (χ1n) is 5.54. The molecule has 0 aliphatic carbocycles. The van der Waals surface area contributed by atoms with Crippen molar-refractivity contribution in [3.63, 3.8) is 0 Å². The van der Waals surface area contributed by atoms with Crippen molar-refractivity contribution in [2.24, 2.45) is 0 Å². The third-order valence-electron chi connectivity index (χ3n) is 2.51. The fourth-order valence-corrected chi connectivity index (χ4v) is 2.05. The van der Waals surface area contributed by atoms with Gasteiger partial charge in [0.25, 0.3) is 0 Å². The first-order valence-corrected chi connectivity index (χ1v) is 6.34. The van der Waals surface area contributed by atoms with Crippen LogP contribution in [-0.4, -0.2) is 15.8 Å². The molecule has 1 aromatic carbocycles. The Kier molecular flexibility index (Phi) is 3.86. The van der Waals surface area contributed by atoms with Gasteiger partial charge in [-0.05, 0) is 35.0 Å². The molecule has 18 heavy (non-hydrogen) atoms. The van der Waals surface area contributed by atoms with Crippen LogP contribution in [0.2, 0.25) is 0 Å². The highest BCUT2D eigenvalue weighted by Crippen LogP contribution is 2.27. The molecule has 0 radical (unpaired) electrons. The van der Waals surface area contributed by atoms with Gasteiger partial charge < -0.3 is 11.1 Å². The summed E-state index contributed by atoms with van der Waals surface area (Å²) in [4.78, 5) is 0. The SMILES string of the molecule is CC(Cn1cccn1)Nc1cc(F)c(Br)cc1N. The van der Waals surface area contributed by atoms with Crippen LogP contribution in [0, 0.1) is 5.82 Å². The van der Waals surface area contributed by atoms with Crippen LogP contribution in [0.1, 0.15) is 6.92 Å². The molecule has 0 aliphatic heterocycles. The minimum atomic E-state index is -0.335. The second-order valence-electron chi connectivity index (χ2n) is 4.13. The van der Waals surface area contributed by atoms with Crippen LogP contribution in [0.5, 0.6) is 0 Å². The lowest BCUT2D eigenvalue weighted by Gasteiger charge is -2.17. The van der Waals surface area contributed by atoms with E-state index in [9.17, 15) is 4.39 Å². The molecule has 1 unspecified atom stereocenters. The number of nitrogens with two attached hydrogens (primary N) is 1. The third-order valence-corrected chi connectivity index (χ3v) is 3.12. The lowest BCUT2D eigenvalue weighted by Crippen LogP contribution is -2.22. The Balaban J connectivity index is 2.07. The van der Waals surface area contributed by atoms with Gasteiger partial charge >= 0.3 is 0 Å². The molecule has 0 saturated heterocycles. The number of nitrogens with zero attached hydrogens (tertiary/aromatic N) is 2. The Labute approximate surface area is 113 Å². The van der Waals surface area contributed by atoms with Crippen LogP contribution < -0.4 is 11.1 Å². The minimum absolute atomic E-state index is 0.0905. The number of rotatable bonds is 4. The average molecular weight is 313 g/mol. The van der Waals surface area contributed by atoms with E-state index in [1.54, 1.807) is 12.3 Å². The van der Waals surface area contributed by atoms with Gasteiger partial charge in [0.1, 0.15) is 5.82 Å². The van der Waals surface area contributed by atoms with E-state index in [1.165, 1.54) is 6.07 Å². The second kappa shape index (κ2) is 5.39. The third kappa shape index (κ3) is 3.01. The van der Waals surface area contributed by atoms with Gasteiger partial charge in [0.15, 0.2) is 0 Å². The van der Waals surface area contributed by atoms with Gasteiger partial charge in [0.05, 0.1) is 22.4 Å². The standard InChI is InChI=1S/C12H14BrFN4/c1-8(7-18-4-2-3-16-18)17-12-6-10(14)9(13)5-11(12)15/h2-6,8,17H,7,15H2,1H3. The normalized spacial score (nSPS) is 12.4. The first-order chi connectivity index (χ1) is 8.56. The summed E-state index contributed by atoms with van der Waals surface area (Å²) in [5.41, 5.74) is 6.93. The van der Waals surface area contributed by atoms with Gasteiger partial charge in [0, 0.05) is 24.5 Å². The van der Waals surface area contributed by atoms with Crippen molar-refractivity contribution < 1.29 is 4.39 Å². The zero-order valence-corrected chi connectivity index (χ0v) is 11.5. The molecule has 96 valence electrons. The maximum atomic E-state index is 13.4. The van der Waals surface area contributed by atoms with E-state index in [1.807, 2.05) is 23.9 Å². The van der Waals surface area contributed by atoms with Crippen molar-refractivity contribution >= 4 is 27.3 Å². The zero-order chi connectivity index (χ0) is 13.1. The van der Waals surface area contributed by atoms with Gasteiger partial charge in [0.2, 0.25) is 0 Å². The van der Waals surface area contributed by atoms with Crippen LogP contribution in [0.4, 0.5) is 15.8 Å². The Bertz CT molecular complexity index is 527. The zero-order valence-electron chi connectivity index (χ0n) is 9.90. The molecule has 0 aliphatic rings. The van der Waals surface area contributed by atoms with Crippen molar-refractivity contribution in [1.82, 2.24) is 9.78 Å². The minimum Gasteiger partial charge on any atom is -0.397 e. The number of aromatic nitrogens is 2. The van der Waals surface area contributed by atoms with Crippen LogP contribution >= 0.6 is 15.9 Å². The summed E-state index contributed by atoms with van der Waals surface area (Å²) in [6.45, 7) is 2.67. The van der Waals surface area contributed by atoms with Crippen LogP contribution in [0.3, 0.4) is 0 Å². The maximum absolute atomic E-state index is 13.4. The van der Waals surface area contributed by atoms with Crippen molar-refractivity contribution in [2.75, 3.05) is 11.1 Å². The molecular formula is C12H14BrFN4. The molecule has 0 spiro atoms.